The first kappa shape index (κ1) is 25.7. The summed E-state index contributed by atoms with van der Waals surface area (Å²) >= 11 is 0. The third-order valence-corrected chi connectivity index (χ3v) is 6.18. The van der Waals surface area contributed by atoms with Crippen LogP contribution < -0.4 is 18.9 Å². The summed E-state index contributed by atoms with van der Waals surface area (Å²) in [5.41, 5.74) is 2.08. The third kappa shape index (κ3) is 6.14. The highest BCUT2D eigenvalue weighted by Gasteiger charge is 2.39. The molecule has 0 saturated carbocycles. The number of benzene rings is 2. The zero-order valence-corrected chi connectivity index (χ0v) is 21.0. The summed E-state index contributed by atoms with van der Waals surface area (Å²) in [6, 6.07) is 11.7. The summed E-state index contributed by atoms with van der Waals surface area (Å²) in [6.07, 6.45) is 0.933. The van der Waals surface area contributed by atoms with E-state index in [0.717, 1.165) is 17.5 Å². The minimum absolute atomic E-state index is 0.0118. The van der Waals surface area contributed by atoms with Crippen LogP contribution in [0, 0.1) is 17.8 Å². The van der Waals surface area contributed by atoms with Crippen molar-refractivity contribution in [3.8, 4) is 23.0 Å². The van der Waals surface area contributed by atoms with Crippen LogP contribution in [0.15, 0.2) is 36.4 Å². The highest BCUT2D eigenvalue weighted by Crippen LogP contribution is 2.43. The molecule has 186 valence electrons. The van der Waals surface area contributed by atoms with Crippen molar-refractivity contribution in [2.45, 2.75) is 32.8 Å². The Bertz CT molecular complexity index is 956. The van der Waals surface area contributed by atoms with E-state index < -0.39 is 0 Å². The Hall–Kier alpha value is -2.93. The van der Waals surface area contributed by atoms with Gasteiger partial charge in [0.2, 0.25) is 0 Å². The lowest BCUT2D eigenvalue weighted by Gasteiger charge is -2.24. The summed E-state index contributed by atoms with van der Waals surface area (Å²) in [5, 5.41) is 0. The van der Waals surface area contributed by atoms with Gasteiger partial charge in [-0.2, -0.15) is 0 Å². The van der Waals surface area contributed by atoms with Crippen molar-refractivity contribution in [2.24, 2.45) is 17.8 Å². The van der Waals surface area contributed by atoms with Gasteiger partial charge in [-0.1, -0.05) is 26.0 Å². The number of methoxy groups -OCH3 is 4. The molecule has 2 aromatic carbocycles. The third-order valence-electron chi connectivity index (χ3n) is 6.18. The standard InChI is InChI=1S/C27H36O7/c1-17(2)11-26(28)33-16-21-20(12-18-7-9-22(29-3)24(13-18)31-5)15-34-27(21)19-8-10-23(30-4)25(14-19)32-6/h7-10,13-14,17,20-21,27H,11-12,15-16H2,1-6H3/t20-,21-,27?/m0/s1. The van der Waals surface area contributed by atoms with Gasteiger partial charge in [0.15, 0.2) is 23.0 Å². The second-order valence-corrected chi connectivity index (χ2v) is 8.97. The molecule has 1 aliphatic heterocycles. The molecule has 1 aliphatic rings. The number of hydrogen-bond donors (Lipinski definition) is 0. The van der Waals surface area contributed by atoms with E-state index >= 15 is 0 Å². The van der Waals surface area contributed by atoms with Crippen LogP contribution in [0.2, 0.25) is 0 Å². The van der Waals surface area contributed by atoms with E-state index in [2.05, 4.69) is 0 Å². The van der Waals surface area contributed by atoms with Gasteiger partial charge in [-0.15, -0.1) is 0 Å². The number of ether oxygens (including phenoxy) is 6. The quantitative estimate of drug-likeness (QED) is 0.433. The topological polar surface area (TPSA) is 72.5 Å². The van der Waals surface area contributed by atoms with Gasteiger partial charge in [0.05, 0.1) is 47.8 Å². The molecule has 1 heterocycles. The van der Waals surface area contributed by atoms with Gasteiger partial charge in [0, 0.05) is 12.3 Å². The lowest BCUT2D eigenvalue weighted by atomic mass is 9.84. The highest BCUT2D eigenvalue weighted by atomic mass is 16.5. The van der Waals surface area contributed by atoms with Crippen LogP contribution >= 0.6 is 0 Å². The molecule has 0 N–H and O–H groups in total. The Morgan fingerprint density at radius 3 is 2.15 bits per heavy atom. The summed E-state index contributed by atoms with van der Waals surface area (Å²) in [6.45, 7) is 4.86. The molecule has 3 atom stereocenters. The van der Waals surface area contributed by atoms with Crippen molar-refractivity contribution in [1.82, 2.24) is 0 Å². The van der Waals surface area contributed by atoms with Crippen LogP contribution in [-0.2, 0) is 20.7 Å². The average Bonchev–Trinajstić information content (AvgIpc) is 3.23. The predicted molar refractivity (Wildman–Crippen MR) is 129 cm³/mol. The maximum atomic E-state index is 12.3. The van der Waals surface area contributed by atoms with E-state index in [0.29, 0.717) is 42.6 Å². The number of esters is 1. The second-order valence-electron chi connectivity index (χ2n) is 8.97. The second kappa shape index (κ2) is 12.0. The zero-order chi connectivity index (χ0) is 24.7. The van der Waals surface area contributed by atoms with Crippen LogP contribution in [0.3, 0.4) is 0 Å². The molecule has 7 heteroatoms. The Morgan fingerprint density at radius 1 is 0.912 bits per heavy atom. The lowest BCUT2D eigenvalue weighted by Crippen LogP contribution is -2.25. The predicted octanol–water partition coefficient (Wildman–Crippen LogP) is 4.86. The van der Waals surface area contributed by atoms with Crippen molar-refractivity contribution in [3.63, 3.8) is 0 Å². The molecule has 3 rings (SSSR count). The van der Waals surface area contributed by atoms with Gasteiger partial charge in [0.1, 0.15) is 0 Å². The van der Waals surface area contributed by atoms with Gasteiger partial charge in [-0.3, -0.25) is 4.79 Å². The summed E-state index contributed by atoms with van der Waals surface area (Å²) in [7, 11) is 6.48. The summed E-state index contributed by atoms with van der Waals surface area (Å²) < 4.78 is 33.7. The molecule has 7 nitrogen and oxygen atoms in total. The average molecular weight is 473 g/mol. The molecule has 34 heavy (non-hydrogen) atoms. The Balaban J connectivity index is 1.84. The van der Waals surface area contributed by atoms with Crippen molar-refractivity contribution < 1.29 is 33.2 Å². The maximum absolute atomic E-state index is 12.3. The van der Waals surface area contributed by atoms with E-state index in [1.807, 2.05) is 50.2 Å². The molecule has 0 aliphatic carbocycles. The molecular weight excluding hydrogens is 436 g/mol. The van der Waals surface area contributed by atoms with E-state index in [4.69, 9.17) is 28.4 Å². The van der Waals surface area contributed by atoms with Gasteiger partial charge in [-0.05, 0) is 53.6 Å². The summed E-state index contributed by atoms with van der Waals surface area (Å²) in [4.78, 5) is 12.3. The monoisotopic (exact) mass is 472 g/mol. The fraction of sp³-hybridized carbons (Fsp3) is 0.519. The van der Waals surface area contributed by atoms with Crippen LogP contribution in [0.4, 0.5) is 0 Å². The molecule has 0 bridgehead atoms. The number of hydrogen-bond acceptors (Lipinski definition) is 7. The molecule has 1 unspecified atom stereocenters. The first-order valence-corrected chi connectivity index (χ1v) is 11.6. The van der Waals surface area contributed by atoms with E-state index in [-0.39, 0.29) is 29.8 Å². The zero-order valence-electron chi connectivity index (χ0n) is 21.0. The molecule has 2 aromatic rings. The van der Waals surface area contributed by atoms with Gasteiger partial charge in [-0.25, -0.2) is 0 Å². The van der Waals surface area contributed by atoms with Gasteiger partial charge >= 0.3 is 5.97 Å². The molecule has 1 fully saturated rings. The van der Waals surface area contributed by atoms with Gasteiger partial charge in [0.25, 0.3) is 0 Å². The minimum atomic E-state index is -0.225. The molecule has 0 amide bonds. The first-order valence-electron chi connectivity index (χ1n) is 11.6. The largest absolute Gasteiger partial charge is 0.493 e. The van der Waals surface area contributed by atoms with Crippen molar-refractivity contribution in [2.75, 3.05) is 41.7 Å². The normalized spacial score (nSPS) is 19.7. The Labute approximate surface area is 202 Å². The summed E-state index contributed by atoms with van der Waals surface area (Å²) in [5.74, 6) is 2.89. The number of carbonyl (C=O) groups is 1. The fourth-order valence-corrected chi connectivity index (χ4v) is 4.42. The number of rotatable bonds is 11. The first-order chi connectivity index (χ1) is 16.4. The number of carbonyl (C=O) groups excluding carboxylic acids is 1. The van der Waals surface area contributed by atoms with E-state index in [1.54, 1.807) is 28.4 Å². The van der Waals surface area contributed by atoms with Crippen LogP contribution in [-0.4, -0.2) is 47.6 Å². The van der Waals surface area contributed by atoms with E-state index in [1.165, 1.54) is 0 Å². The van der Waals surface area contributed by atoms with Crippen molar-refractivity contribution in [3.05, 3.63) is 47.5 Å². The van der Waals surface area contributed by atoms with Crippen molar-refractivity contribution >= 4 is 5.97 Å². The maximum Gasteiger partial charge on any atom is 0.306 e. The molecule has 0 aromatic heterocycles. The fourth-order valence-electron chi connectivity index (χ4n) is 4.42. The highest BCUT2D eigenvalue weighted by molar-refractivity contribution is 5.69. The molecule has 0 radical (unpaired) electrons. The van der Waals surface area contributed by atoms with E-state index in [9.17, 15) is 4.79 Å². The van der Waals surface area contributed by atoms with Crippen LogP contribution in [0.1, 0.15) is 37.5 Å². The minimum Gasteiger partial charge on any atom is -0.493 e. The van der Waals surface area contributed by atoms with Crippen LogP contribution in [0.25, 0.3) is 0 Å². The Kier molecular flexibility index (Phi) is 9.05. The molecule has 1 saturated heterocycles. The van der Waals surface area contributed by atoms with Gasteiger partial charge < -0.3 is 28.4 Å². The Morgan fingerprint density at radius 2 is 1.53 bits per heavy atom. The van der Waals surface area contributed by atoms with Crippen molar-refractivity contribution in [1.29, 1.82) is 0 Å². The lowest BCUT2D eigenvalue weighted by molar-refractivity contribution is -0.146. The van der Waals surface area contributed by atoms with Crippen LogP contribution in [0.5, 0.6) is 23.0 Å². The molecule has 0 spiro atoms. The molecular formula is C27H36O7. The smallest absolute Gasteiger partial charge is 0.306 e. The SMILES string of the molecule is COc1ccc(C[C@H]2COC(c3ccc(OC)c(OC)c3)[C@H]2COC(=O)CC(C)C)cc1OC.